The molecule has 14 nitrogen and oxygen atoms in total. The van der Waals surface area contributed by atoms with Crippen LogP contribution in [0.5, 0.6) is 34.5 Å². The molecule has 2 aromatic carbocycles. The quantitative estimate of drug-likeness (QED) is 0.156. The van der Waals surface area contributed by atoms with E-state index >= 15 is 0 Å². The Balaban J connectivity index is 2.46. The molecule has 194 valence electrons. The van der Waals surface area contributed by atoms with Gasteiger partial charge in [-0.2, -0.15) is 0 Å². The molecule has 0 aliphatic heterocycles. The lowest BCUT2D eigenvalue weighted by molar-refractivity contribution is -0.173. The second-order valence-electron chi connectivity index (χ2n) is 6.88. The zero-order chi connectivity index (χ0) is 27.2. The van der Waals surface area contributed by atoms with Crippen molar-refractivity contribution in [3.05, 3.63) is 35.4 Å². The fraction of sp³-hybridized carbons (Fsp3) is 0.273. The van der Waals surface area contributed by atoms with E-state index < -0.39 is 81.7 Å². The van der Waals surface area contributed by atoms with Gasteiger partial charge in [-0.05, 0) is 38.1 Å². The molecule has 0 saturated carbocycles. The standard InChI is InChI=1S/C22H22O14/c1-3-33-21(31)17(35-19(29)9-5-11(23)15(27)12(24)6-9)18(22(32)34-4-2)36-20(30)10-7-13(25)16(28)14(26)8-10/h5-8,17-18,23-28H,3-4H2,1-2H3/t17-,18-/m1/s1. The molecule has 0 bridgehead atoms. The van der Waals surface area contributed by atoms with Crippen molar-refractivity contribution in [3.8, 4) is 34.5 Å². The molecule has 0 aliphatic carbocycles. The first-order valence-corrected chi connectivity index (χ1v) is 10.2. The van der Waals surface area contributed by atoms with Crippen LogP contribution in [0.2, 0.25) is 0 Å². The van der Waals surface area contributed by atoms with E-state index in [0.717, 1.165) is 0 Å². The second kappa shape index (κ2) is 11.5. The Labute approximate surface area is 202 Å². The minimum atomic E-state index is -2.27. The molecule has 36 heavy (non-hydrogen) atoms. The van der Waals surface area contributed by atoms with E-state index in [0.29, 0.717) is 24.3 Å². The van der Waals surface area contributed by atoms with Crippen molar-refractivity contribution in [3.63, 3.8) is 0 Å². The van der Waals surface area contributed by atoms with Gasteiger partial charge < -0.3 is 49.6 Å². The molecular weight excluding hydrogens is 488 g/mol. The van der Waals surface area contributed by atoms with E-state index in [9.17, 15) is 49.8 Å². The lowest BCUT2D eigenvalue weighted by Gasteiger charge is -2.24. The fourth-order valence-electron chi connectivity index (χ4n) is 2.73. The van der Waals surface area contributed by atoms with Crippen LogP contribution in [0.15, 0.2) is 24.3 Å². The summed E-state index contributed by atoms with van der Waals surface area (Å²) in [5.41, 5.74) is -1.14. The summed E-state index contributed by atoms with van der Waals surface area (Å²) in [4.78, 5) is 50.4. The summed E-state index contributed by atoms with van der Waals surface area (Å²) in [5, 5.41) is 57.4. The number of carbonyl (C=O) groups excluding carboxylic acids is 4. The largest absolute Gasteiger partial charge is 0.504 e. The minimum Gasteiger partial charge on any atom is -0.504 e. The van der Waals surface area contributed by atoms with E-state index in [1.54, 1.807) is 0 Å². The van der Waals surface area contributed by atoms with Crippen LogP contribution in [0.3, 0.4) is 0 Å². The molecule has 2 rings (SSSR count). The molecular formula is C22H22O14. The van der Waals surface area contributed by atoms with Gasteiger partial charge in [-0.1, -0.05) is 0 Å². The summed E-state index contributed by atoms with van der Waals surface area (Å²) in [7, 11) is 0. The Morgan fingerprint density at radius 3 is 1.14 bits per heavy atom. The normalized spacial score (nSPS) is 12.2. The van der Waals surface area contributed by atoms with E-state index in [2.05, 4.69) is 0 Å². The predicted molar refractivity (Wildman–Crippen MR) is 115 cm³/mol. The first-order valence-electron chi connectivity index (χ1n) is 10.2. The molecule has 0 aliphatic rings. The number of ether oxygens (including phenoxy) is 4. The number of phenols is 6. The molecule has 0 aromatic heterocycles. The highest BCUT2D eigenvalue weighted by molar-refractivity contribution is 5.97. The van der Waals surface area contributed by atoms with Crippen LogP contribution < -0.4 is 0 Å². The van der Waals surface area contributed by atoms with E-state index in [1.807, 2.05) is 0 Å². The maximum Gasteiger partial charge on any atom is 0.352 e. The molecule has 0 radical (unpaired) electrons. The maximum absolute atomic E-state index is 12.6. The number of carbonyl (C=O) groups is 4. The Morgan fingerprint density at radius 2 is 0.889 bits per heavy atom. The number of phenolic OH excluding ortho intramolecular Hbond substituents is 6. The van der Waals surface area contributed by atoms with Gasteiger partial charge in [0.1, 0.15) is 0 Å². The van der Waals surface area contributed by atoms with Crippen LogP contribution >= 0.6 is 0 Å². The van der Waals surface area contributed by atoms with Crippen LogP contribution in [0.1, 0.15) is 34.6 Å². The van der Waals surface area contributed by atoms with Crippen LogP contribution in [0.25, 0.3) is 0 Å². The zero-order valence-corrected chi connectivity index (χ0v) is 18.8. The minimum absolute atomic E-state index is 0.253. The van der Waals surface area contributed by atoms with Crippen molar-refractivity contribution < 1.29 is 68.8 Å². The van der Waals surface area contributed by atoms with Gasteiger partial charge >= 0.3 is 23.9 Å². The zero-order valence-electron chi connectivity index (χ0n) is 18.8. The molecule has 2 atom stereocenters. The third-order valence-electron chi connectivity index (χ3n) is 4.39. The van der Waals surface area contributed by atoms with Gasteiger partial charge in [-0.15, -0.1) is 0 Å². The van der Waals surface area contributed by atoms with Gasteiger partial charge in [0.25, 0.3) is 0 Å². The molecule has 0 heterocycles. The first-order chi connectivity index (χ1) is 16.9. The SMILES string of the molecule is CCOC(=O)[C@H](OC(=O)c1cc(O)c(O)c(O)c1)[C@@H](OC(=O)c1cc(O)c(O)c(O)c1)C(=O)OCC. The highest BCUT2D eigenvalue weighted by Crippen LogP contribution is 2.37. The smallest absolute Gasteiger partial charge is 0.352 e. The van der Waals surface area contributed by atoms with Crippen molar-refractivity contribution in [2.45, 2.75) is 26.1 Å². The van der Waals surface area contributed by atoms with Crippen LogP contribution in [-0.2, 0) is 28.5 Å². The van der Waals surface area contributed by atoms with Crippen LogP contribution in [-0.4, -0.2) is 79.9 Å². The number of hydrogen-bond acceptors (Lipinski definition) is 14. The topological polar surface area (TPSA) is 227 Å². The number of benzene rings is 2. The fourth-order valence-corrected chi connectivity index (χ4v) is 2.73. The lowest BCUT2D eigenvalue weighted by atomic mass is 10.1. The van der Waals surface area contributed by atoms with Crippen LogP contribution in [0, 0.1) is 0 Å². The molecule has 6 N–H and O–H groups in total. The summed E-state index contributed by atoms with van der Waals surface area (Å²) in [6.45, 7) is 2.27. The number of hydrogen-bond donors (Lipinski definition) is 6. The van der Waals surface area contributed by atoms with Crippen LogP contribution in [0.4, 0.5) is 0 Å². The molecule has 0 saturated heterocycles. The van der Waals surface area contributed by atoms with Gasteiger partial charge in [0, 0.05) is 0 Å². The summed E-state index contributed by atoms with van der Waals surface area (Å²) in [5.74, 6) is -11.0. The molecule has 0 spiro atoms. The Hall–Kier alpha value is -4.88. The average molecular weight is 510 g/mol. The summed E-state index contributed by atoms with van der Waals surface area (Å²) < 4.78 is 19.6. The highest BCUT2D eigenvalue weighted by Gasteiger charge is 2.43. The van der Waals surface area contributed by atoms with Gasteiger partial charge in [-0.25, -0.2) is 19.2 Å². The molecule has 0 amide bonds. The van der Waals surface area contributed by atoms with Crippen molar-refractivity contribution in [1.29, 1.82) is 0 Å². The molecule has 14 heteroatoms. The summed E-state index contributed by atoms with van der Waals surface area (Å²) in [6, 6.07) is 2.75. The molecule has 0 unspecified atom stereocenters. The number of rotatable bonds is 9. The predicted octanol–water partition coefficient (Wildman–Crippen LogP) is 0.797. The number of esters is 4. The third-order valence-corrected chi connectivity index (χ3v) is 4.39. The van der Waals surface area contributed by atoms with E-state index in [-0.39, 0.29) is 13.2 Å². The van der Waals surface area contributed by atoms with E-state index in [4.69, 9.17) is 18.9 Å². The van der Waals surface area contributed by atoms with Crippen molar-refractivity contribution in [2.24, 2.45) is 0 Å². The lowest BCUT2D eigenvalue weighted by Crippen LogP contribution is -2.47. The van der Waals surface area contributed by atoms with Gasteiger partial charge in [0.2, 0.25) is 12.2 Å². The van der Waals surface area contributed by atoms with Crippen molar-refractivity contribution >= 4 is 23.9 Å². The molecule has 0 fully saturated rings. The average Bonchev–Trinajstić information content (AvgIpc) is 2.82. The summed E-state index contributed by atoms with van der Waals surface area (Å²) in [6.07, 6.45) is -4.53. The monoisotopic (exact) mass is 510 g/mol. The first kappa shape index (κ1) is 27.4. The summed E-state index contributed by atoms with van der Waals surface area (Å²) >= 11 is 0. The highest BCUT2D eigenvalue weighted by atomic mass is 16.6. The maximum atomic E-state index is 12.6. The van der Waals surface area contributed by atoms with Crippen molar-refractivity contribution in [2.75, 3.05) is 13.2 Å². The van der Waals surface area contributed by atoms with E-state index in [1.165, 1.54) is 13.8 Å². The van der Waals surface area contributed by atoms with Gasteiger partial charge in [0.15, 0.2) is 34.5 Å². The Morgan fingerprint density at radius 1 is 0.611 bits per heavy atom. The Kier molecular flexibility index (Phi) is 8.74. The number of aromatic hydroxyl groups is 6. The van der Waals surface area contributed by atoms with Gasteiger partial charge in [0.05, 0.1) is 24.3 Å². The molecule has 2 aromatic rings. The Bertz CT molecular complexity index is 1030. The van der Waals surface area contributed by atoms with Gasteiger partial charge in [-0.3, -0.25) is 0 Å². The second-order valence-corrected chi connectivity index (χ2v) is 6.88. The third kappa shape index (κ3) is 6.16. The van der Waals surface area contributed by atoms with Crippen molar-refractivity contribution in [1.82, 2.24) is 0 Å².